The quantitative estimate of drug-likeness (QED) is 0.670. The zero-order chi connectivity index (χ0) is 14.2. The van der Waals surface area contributed by atoms with E-state index < -0.39 is 0 Å². The average molecular weight is 276 g/mol. The van der Waals surface area contributed by atoms with E-state index in [4.69, 9.17) is 5.26 Å². The van der Waals surface area contributed by atoms with Gasteiger partial charge in [-0.1, -0.05) is 18.2 Å². The number of para-hydroxylation sites is 1. The van der Waals surface area contributed by atoms with Gasteiger partial charge in [-0.25, -0.2) is 9.67 Å². The number of benzene rings is 1. The average Bonchev–Trinajstić information content (AvgIpc) is 3.22. The van der Waals surface area contributed by atoms with E-state index in [1.165, 1.54) is 0 Å². The zero-order valence-electron chi connectivity index (χ0n) is 11.2. The van der Waals surface area contributed by atoms with Crippen LogP contribution in [0.3, 0.4) is 0 Å². The Labute approximate surface area is 121 Å². The first-order valence-corrected chi connectivity index (χ1v) is 6.65. The van der Waals surface area contributed by atoms with E-state index in [9.17, 15) is 0 Å². The molecule has 6 nitrogen and oxygen atoms in total. The highest BCUT2D eigenvalue weighted by atomic mass is 15.4. The number of nitrogens with zero attached hydrogens (tertiary/aromatic N) is 6. The van der Waals surface area contributed by atoms with Crippen molar-refractivity contribution in [1.29, 1.82) is 5.26 Å². The monoisotopic (exact) mass is 276 g/mol. The number of rotatable bonds is 2. The largest absolute Gasteiger partial charge is 0.304 e. The van der Waals surface area contributed by atoms with Crippen LogP contribution in [0, 0.1) is 11.5 Å². The van der Waals surface area contributed by atoms with Gasteiger partial charge in [-0.3, -0.25) is 0 Å². The summed E-state index contributed by atoms with van der Waals surface area (Å²) in [6, 6.07) is 10.0. The zero-order valence-corrected chi connectivity index (χ0v) is 11.2. The van der Waals surface area contributed by atoms with Crippen molar-refractivity contribution in [3.63, 3.8) is 0 Å². The highest BCUT2D eigenvalue weighted by Gasteiger charge is 2.24. The molecule has 0 amide bonds. The van der Waals surface area contributed by atoms with Crippen molar-refractivity contribution >= 4 is 0 Å². The first-order valence-electron chi connectivity index (χ1n) is 6.65. The van der Waals surface area contributed by atoms with Crippen LogP contribution in [0.25, 0.3) is 11.5 Å². The van der Waals surface area contributed by atoms with Gasteiger partial charge in [0.25, 0.3) is 0 Å². The molecule has 0 saturated heterocycles. The molecule has 2 aromatic heterocycles. The fourth-order valence-corrected chi connectivity index (χ4v) is 2.58. The molecular weight excluding hydrogens is 264 g/mol. The third-order valence-corrected chi connectivity index (χ3v) is 3.64. The minimum atomic E-state index is 0.587. The van der Waals surface area contributed by atoms with Crippen LogP contribution in [0.5, 0.6) is 0 Å². The summed E-state index contributed by atoms with van der Waals surface area (Å²) in [4.78, 5) is 6.13. The summed E-state index contributed by atoms with van der Waals surface area (Å²) in [6.45, 7) is 1.22. The number of aromatic nitrogens is 4. The van der Waals surface area contributed by atoms with Crippen molar-refractivity contribution < 1.29 is 0 Å². The number of hydrogen-bond donors (Lipinski definition) is 0. The molecule has 1 aromatic carbocycles. The Hall–Kier alpha value is -3.07. The van der Waals surface area contributed by atoms with Crippen LogP contribution in [0.15, 0.2) is 49.1 Å². The molecule has 0 atom stereocenters. The van der Waals surface area contributed by atoms with Crippen molar-refractivity contribution in [3.8, 4) is 17.7 Å². The molecule has 6 heteroatoms. The predicted molar refractivity (Wildman–Crippen MR) is 75.5 cm³/mol. The van der Waals surface area contributed by atoms with E-state index in [-0.39, 0.29) is 0 Å². The normalized spacial score (nSPS) is 13.2. The van der Waals surface area contributed by atoms with Crippen LogP contribution >= 0.6 is 0 Å². The Bertz CT molecular complexity index is 823. The van der Waals surface area contributed by atoms with E-state index in [1.807, 2.05) is 52.0 Å². The topological polar surface area (TPSA) is 62.7 Å². The highest BCUT2D eigenvalue weighted by Crippen LogP contribution is 2.24. The Morgan fingerprint density at radius 2 is 2.00 bits per heavy atom. The summed E-state index contributed by atoms with van der Waals surface area (Å²) in [5.41, 5.74) is 3.18. The van der Waals surface area contributed by atoms with Gasteiger partial charge in [-0.2, -0.15) is 10.4 Å². The molecule has 0 aliphatic carbocycles. The summed E-state index contributed by atoms with van der Waals surface area (Å²) >= 11 is 0. The van der Waals surface area contributed by atoms with Gasteiger partial charge in [0.15, 0.2) is 12.0 Å². The maximum absolute atomic E-state index is 9.00. The van der Waals surface area contributed by atoms with Crippen LogP contribution < -0.4 is 0 Å². The summed E-state index contributed by atoms with van der Waals surface area (Å²) in [6.07, 6.45) is 7.70. The number of imidazole rings is 1. The van der Waals surface area contributed by atoms with Gasteiger partial charge in [-0.05, 0) is 12.1 Å². The van der Waals surface area contributed by atoms with Gasteiger partial charge in [0, 0.05) is 11.3 Å². The van der Waals surface area contributed by atoms with Crippen LogP contribution in [-0.2, 0) is 13.1 Å². The van der Waals surface area contributed by atoms with E-state index in [0.717, 1.165) is 22.8 Å². The van der Waals surface area contributed by atoms with E-state index >= 15 is 0 Å². The van der Waals surface area contributed by atoms with Crippen LogP contribution in [0.2, 0.25) is 0 Å². The second-order valence-electron chi connectivity index (χ2n) is 4.96. The SMILES string of the molecule is N#CN1Cc2cnn(-c3cn(-c4ccccc4)cn3)c2C1. The van der Waals surface area contributed by atoms with Crippen molar-refractivity contribution in [2.75, 3.05) is 0 Å². The smallest absolute Gasteiger partial charge is 0.180 e. The fraction of sp³-hybridized carbons (Fsp3) is 0.133. The molecule has 4 rings (SSSR count). The van der Waals surface area contributed by atoms with Gasteiger partial charge in [0.2, 0.25) is 0 Å². The lowest BCUT2D eigenvalue weighted by molar-refractivity contribution is 0.407. The lowest BCUT2D eigenvalue weighted by Crippen LogP contribution is -2.11. The summed E-state index contributed by atoms with van der Waals surface area (Å²) in [5, 5.41) is 13.4. The molecular formula is C15H12N6. The van der Waals surface area contributed by atoms with Gasteiger partial charge >= 0.3 is 0 Å². The lowest BCUT2D eigenvalue weighted by Gasteiger charge is -2.05. The molecule has 0 spiro atoms. The van der Waals surface area contributed by atoms with Crippen molar-refractivity contribution in [3.05, 3.63) is 60.3 Å². The van der Waals surface area contributed by atoms with Gasteiger partial charge < -0.3 is 9.47 Å². The lowest BCUT2D eigenvalue weighted by atomic mass is 10.3. The van der Waals surface area contributed by atoms with Gasteiger partial charge in [0.1, 0.15) is 6.33 Å². The second kappa shape index (κ2) is 4.49. The second-order valence-corrected chi connectivity index (χ2v) is 4.96. The predicted octanol–water partition coefficient (Wildman–Crippen LogP) is 1.85. The molecule has 0 saturated carbocycles. The van der Waals surface area contributed by atoms with Crippen molar-refractivity contribution in [2.45, 2.75) is 13.1 Å². The van der Waals surface area contributed by atoms with Crippen molar-refractivity contribution in [2.24, 2.45) is 0 Å². The molecule has 0 bridgehead atoms. The minimum Gasteiger partial charge on any atom is -0.304 e. The molecule has 102 valence electrons. The number of nitriles is 1. The van der Waals surface area contributed by atoms with Crippen LogP contribution in [0.1, 0.15) is 11.3 Å². The Kier molecular flexibility index (Phi) is 2.51. The Balaban J connectivity index is 1.71. The van der Waals surface area contributed by atoms with Crippen LogP contribution in [0.4, 0.5) is 0 Å². The standard InChI is InChI=1S/C15H12N6/c16-10-19-7-12-6-18-21(14(12)8-19)15-9-20(11-17-15)13-4-2-1-3-5-13/h1-6,9,11H,7-8H2. The van der Waals surface area contributed by atoms with Gasteiger partial charge in [0.05, 0.1) is 31.2 Å². The van der Waals surface area contributed by atoms with Gasteiger partial charge in [-0.15, -0.1) is 0 Å². The third-order valence-electron chi connectivity index (χ3n) is 3.64. The Morgan fingerprint density at radius 1 is 1.14 bits per heavy atom. The maximum Gasteiger partial charge on any atom is 0.180 e. The number of fused-ring (bicyclic) bond motifs is 1. The van der Waals surface area contributed by atoms with E-state index in [0.29, 0.717) is 13.1 Å². The maximum atomic E-state index is 9.00. The molecule has 21 heavy (non-hydrogen) atoms. The van der Waals surface area contributed by atoms with Crippen molar-refractivity contribution in [1.82, 2.24) is 24.2 Å². The fourth-order valence-electron chi connectivity index (χ4n) is 2.58. The van der Waals surface area contributed by atoms with E-state index in [1.54, 1.807) is 11.2 Å². The molecule has 0 radical (unpaired) electrons. The Morgan fingerprint density at radius 3 is 2.81 bits per heavy atom. The molecule has 1 aliphatic heterocycles. The molecule has 0 unspecified atom stereocenters. The highest BCUT2D eigenvalue weighted by molar-refractivity contribution is 5.36. The molecule has 1 aliphatic rings. The summed E-state index contributed by atoms with van der Waals surface area (Å²) in [7, 11) is 0. The van der Waals surface area contributed by atoms with E-state index in [2.05, 4.69) is 16.3 Å². The minimum absolute atomic E-state index is 0.587. The van der Waals surface area contributed by atoms with Crippen LogP contribution in [-0.4, -0.2) is 24.2 Å². The molecule has 3 heterocycles. The molecule has 3 aromatic rings. The first-order chi connectivity index (χ1) is 10.3. The number of hydrogen-bond acceptors (Lipinski definition) is 4. The summed E-state index contributed by atoms with van der Waals surface area (Å²) in [5.74, 6) is 0.764. The molecule has 0 fully saturated rings. The summed E-state index contributed by atoms with van der Waals surface area (Å²) < 4.78 is 3.77. The molecule has 0 N–H and O–H groups in total. The first kappa shape index (κ1) is 11.7. The third kappa shape index (κ3) is 1.87.